The second-order valence-electron chi connectivity index (χ2n) is 7.00. The fourth-order valence-electron chi connectivity index (χ4n) is 3.63. The molecule has 0 saturated carbocycles. The number of benzene rings is 2. The minimum absolute atomic E-state index is 0.0442. The molecule has 3 aromatic rings. The van der Waals surface area contributed by atoms with Crippen molar-refractivity contribution in [3.8, 4) is 0 Å². The molecular formula is C21H21BrN2O. The van der Waals surface area contributed by atoms with Crippen LogP contribution in [0, 0.1) is 5.92 Å². The molecule has 0 fully saturated rings. The van der Waals surface area contributed by atoms with Gasteiger partial charge in [0, 0.05) is 33.2 Å². The number of carbonyl (C=O) groups is 1. The highest BCUT2D eigenvalue weighted by Crippen LogP contribution is 2.32. The number of H-pyrrole nitrogens is 1. The third-order valence-electron chi connectivity index (χ3n) is 5.06. The fourth-order valence-corrected chi connectivity index (χ4v) is 3.90. The lowest BCUT2D eigenvalue weighted by atomic mass is 9.87. The van der Waals surface area contributed by atoms with Crippen molar-refractivity contribution in [2.75, 3.05) is 0 Å². The van der Waals surface area contributed by atoms with Crippen LogP contribution in [0.3, 0.4) is 0 Å². The highest BCUT2D eigenvalue weighted by Gasteiger charge is 2.19. The quantitative estimate of drug-likeness (QED) is 0.643. The predicted octanol–water partition coefficient (Wildman–Crippen LogP) is 4.99. The zero-order valence-electron chi connectivity index (χ0n) is 14.2. The Morgan fingerprint density at radius 2 is 2.04 bits per heavy atom. The summed E-state index contributed by atoms with van der Waals surface area (Å²) >= 11 is 3.39. The molecule has 4 rings (SSSR count). The summed E-state index contributed by atoms with van der Waals surface area (Å²) in [5.41, 5.74) is 5.89. The Morgan fingerprint density at radius 3 is 2.84 bits per heavy atom. The van der Waals surface area contributed by atoms with E-state index in [1.54, 1.807) is 0 Å². The van der Waals surface area contributed by atoms with Gasteiger partial charge in [0.15, 0.2) is 0 Å². The zero-order valence-corrected chi connectivity index (χ0v) is 15.8. The normalized spacial score (nSPS) is 16.6. The second kappa shape index (κ2) is 6.68. The molecule has 2 N–H and O–H groups in total. The van der Waals surface area contributed by atoms with E-state index >= 15 is 0 Å². The molecule has 0 unspecified atom stereocenters. The first-order valence-electron chi connectivity index (χ1n) is 8.76. The Morgan fingerprint density at radius 1 is 1.24 bits per heavy atom. The molecule has 4 heteroatoms. The Hall–Kier alpha value is -2.07. The molecule has 0 bridgehead atoms. The molecule has 3 nitrogen and oxygen atoms in total. The molecule has 0 radical (unpaired) electrons. The van der Waals surface area contributed by atoms with Crippen LogP contribution in [-0.4, -0.2) is 10.9 Å². The van der Waals surface area contributed by atoms with Crippen molar-refractivity contribution in [1.82, 2.24) is 10.3 Å². The van der Waals surface area contributed by atoms with Gasteiger partial charge in [-0.25, -0.2) is 0 Å². The van der Waals surface area contributed by atoms with Crippen LogP contribution >= 0.6 is 15.9 Å². The summed E-state index contributed by atoms with van der Waals surface area (Å²) in [6, 6.07) is 13.9. The van der Waals surface area contributed by atoms with Crippen molar-refractivity contribution in [3.05, 3.63) is 69.3 Å². The number of aryl methyl sites for hydroxylation is 1. The Balaban J connectivity index is 1.53. The first-order chi connectivity index (χ1) is 12.1. The number of fused-ring (bicyclic) bond motifs is 3. The number of carbonyl (C=O) groups excluding carboxylic acids is 1. The van der Waals surface area contributed by atoms with Crippen molar-refractivity contribution < 1.29 is 4.79 Å². The van der Waals surface area contributed by atoms with Crippen LogP contribution in [0.25, 0.3) is 10.9 Å². The van der Waals surface area contributed by atoms with Gasteiger partial charge in [0.1, 0.15) is 0 Å². The Bertz CT molecular complexity index is 927. The number of nitrogens with one attached hydrogen (secondary N) is 2. The van der Waals surface area contributed by atoms with Crippen LogP contribution < -0.4 is 5.32 Å². The standard InChI is InChI=1S/C21H21BrN2O/c1-13-2-8-19-17(10-13)18-11-14(3-9-20(18)24-19)12-23-21(25)15-4-6-16(22)7-5-15/h3-7,9,11,13,24H,2,8,10,12H2,1H3,(H,23,25)/t13-/m0/s1. The van der Waals surface area contributed by atoms with Gasteiger partial charge in [-0.1, -0.05) is 28.9 Å². The van der Waals surface area contributed by atoms with Crippen LogP contribution in [0.15, 0.2) is 46.9 Å². The first kappa shape index (κ1) is 16.4. The monoisotopic (exact) mass is 396 g/mol. The van der Waals surface area contributed by atoms with Crippen molar-refractivity contribution in [2.45, 2.75) is 32.7 Å². The molecular weight excluding hydrogens is 376 g/mol. The zero-order chi connectivity index (χ0) is 17.4. The van der Waals surface area contributed by atoms with E-state index in [0.717, 1.165) is 28.8 Å². The van der Waals surface area contributed by atoms with E-state index in [4.69, 9.17) is 0 Å². The van der Waals surface area contributed by atoms with Crippen molar-refractivity contribution in [3.63, 3.8) is 0 Å². The molecule has 1 amide bonds. The van der Waals surface area contributed by atoms with E-state index in [1.165, 1.54) is 28.6 Å². The van der Waals surface area contributed by atoms with Crippen molar-refractivity contribution >= 4 is 32.7 Å². The summed E-state index contributed by atoms with van der Waals surface area (Å²) in [5.74, 6) is 0.699. The van der Waals surface area contributed by atoms with E-state index in [0.29, 0.717) is 12.1 Å². The highest BCUT2D eigenvalue weighted by molar-refractivity contribution is 9.10. The molecule has 0 saturated heterocycles. The molecule has 25 heavy (non-hydrogen) atoms. The molecule has 2 aromatic carbocycles. The maximum absolute atomic E-state index is 12.3. The number of amides is 1. The van der Waals surface area contributed by atoms with Gasteiger partial charge in [0.25, 0.3) is 5.91 Å². The lowest BCUT2D eigenvalue weighted by molar-refractivity contribution is 0.0951. The summed E-state index contributed by atoms with van der Waals surface area (Å²) in [4.78, 5) is 15.9. The molecule has 1 heterocycles. The molecule has 1 aliphatic carbocycles. The van der Waals surface area contributed by atoms with Crippen LogP contribution in [0.2, 0.25) is 0 Å². The molecule has 0 spiro atoms. The average Bonchev–Trinajstić information content (AvgIpc) is 2.97. The van der Waals surface area contributed by atoms with E-state index in [2.05, 4.69) is 51.4 Å². The Labute approximate surface area is 156 Å². The van der Waals surface area contributed by atoms with Gasteiger partial charge in [-0.3, -0.25) is 4.79 Å². The smallest absolute Gasteiger partial charge is 0.251 e. The maximum atomic E-state index is 12.3. The predicted molar refractivity (Wildman–Crippen MR) is 105 cm³/mol. The van der Waals surface area contributed by atoms with Gasteiger partial charge in [0.05, 0.1) is 0 Å². The number of hydrogen-bond donors (Lipinski definition) is 2. The van der Waals surface area contributed by atoms with Crippen molar-refractivity contribution in [1.29, 1.82) is 0 Å². The average molecular weight is 397 g/mol. The Kier molecular flexibility index (Phi) is 4.38. The first-order valence-corrected chi connectivity index (χ1v) is 9.55. The van der Waals surface area contributed by atoms with Crippen molar-refractivity contribution in [2.24, 2.45) is 5.92 Å². The molecule has 0 aliphatic heterocycles. The number of halogens is 1. The van der Waals surface area contributed by atoms with Gasteiger partial charge >= 0.3 is 0 Å². The molecule has 1 aliphatic rings. The van der Waals surface area contributed by atoms with Crippen LogP contribution in [-0.2, 0) is 19.4 Å². The fraction of sp³-hybridized carbons (Fsp3) is 0.286. The number of aromatic nitrogens is 1. The largest absolute Gasteiger partial charge is 0.358 e. The minimum Gasteiger partial charge on any atom is -0.358 e. The van der Waals surface area contributed by atoms with Crippen LogP contribution in [0.5, 0.6) is 0 Å². The van der Waals surface area contributed by atoms with E-state index in [1.807, 2.05) is 24.3 Å². The summed E-state index contributed by atoms with van der Waals surface area (Å²) in [6.45, 7) is 2.87. The highest BCUT2D eigenvalue weighted by atomic mass is 79.9. The van der Waals surface area contributed by atoms with E-state index < -0.39 is 0 Å². The van der Waals surface area contributed by atoms with Gasteiger partial charge < -0.3 is 10.3 Å². The van der Waals surface area contributed by atoms with Gasteiger partial charge in [-0.15, -0.1) is 0 Å². The lowest BCUT2D eigenvalue weighted by Crippen LogP contribution is -2.22. The summed E-state index contributed by atoms with van der Waals surface area (Å²) < 4.78 is 0.973. The lowest BCUT2D eigenvalue weighted by Gasteiger charge is -2.18. The van der Waals surface area contributed by atoms with E-state index in [-0.39, 0.29) is 5.91 Å². The maximum Gasteiger partial charge on any atom is 0.251 e. The minimum atomic E-state index is -0.0442. The summed E-state index contributed by atoms with van der Waals surface area (Å²) in [6.07, 6.45) is 3.54. The second-order valence-corrected chi connectivity index (χ2v) is 7.92. The number of aromatic amines is 1. The molecule has 128 valence electrons. The van der Waals surface area contributed by atoms with Gasteiger partial charge in [-0.05, 0) is 72.7 Å². The number of hydrogen-bond acceptors (Lipinski definition) is 1. The topological polar surface area (TPSA) is 44.9 Å². The summed E-state index contributed by atoms with van der Waals surface area (Å²) in [5, 5.41) is 4.33. The molecule has 1 atom stereocenters. The molecule has 1 aromatic heterocycles. The third-order valence-corrected chi connectivity index (χ3v) is 5.59. The number of rotatable bonds is 3. The third kappa shape index (κ3) is 3.36. The van der Waals surface area contributed by atoms with Gasteiger partial charge in [0.2, 0.25) is 0 Å². The van der Waals surface area contributed by atoms with Gasteiger partial charge in [-0.2, -0.15) is 0 Å². The summed E-state index contributed by atoms with van der Waals surface area (Å²) in [7, 11) is 0. The SMILES string of the molecule is C[C@H]1CCc2[nH]c3ccc(CNC(=O)c4ccc(Br)cc4)cc3c2C1. The van der Waals surface area contributed by atoms with E-state index in [9.17, 15) is 4.79 Å². The van der Waals surface area contributed by atoms with Crippen LogP contribution in [0.1, 0.15) is 40.5 Å². The van der Waals surface area contributed by atoms with Crippen LogP contribution in [0.4, 0.5) is 0 Å².